The first kappa shape index (κ1) is 21.5. The molecular formula is C25H20N6O2. The Balaban J connectivity index is 1.38. The quantitative estimate of drug-likeness (QED) is 0.477. The van der Waals surface area contributed by atoms with E-state index in [1.54, 1.807) is 53.0 Å². The zero-order valence-corrected chi connectivity index (χ0v) is 18.2. The highest BCUT2D eigenvalue weighted by molar-refractivity contribution is 5.90. The van der Waals surface area contributed by atoms with E-state index in [0.29, 0.717) is 40.4 Å². The molecule has 2 aromatic carbocycles. The summed E-state index contributed by atoms with van der Waals surface area (Å²) in [7, 11) is 0. The average Bonchev–Trinajstić information content (AvgIpc) is 3.23. The van der Waals surface area contributed by atoms with Crippen LogP contribution in [0.3, 0.4) is 0 Å². The zero-order valence-electron chi connectivity index (χ0n) is 18.2. The summed E-state index contributed by atoms with van der Waals surface area (Å²) in [4.78, 5) is 17.0. The normalized spacial score (nSPS) is 10.4. The monoisotopic (exact) mass is 436 g/mol. The maximum atomic E-state index is 12.5. The van der Waals surface area contributed by atoms with Crippen LogP contribution in [0, 0.1) is 36.5 Å². The van der Waals surface area contributed by atoms with E-state index in [1.165, 1.54) is 6.20 Å². The van der Waals surface area contributed by atoms with Crippen molar-refractivity contribution in [2.24, 2.45) is 0 Å². The van der Waals surface area contributed by atoms with E-state index in [0.717, 1.165) is 17.0 Å². The fourth-order valence-electron chi connectivity index (χ4n) is 3.59. The molecule has 0 saturated heterocycles. The number of ether oxygens (including phenoxy) is 1. The lowest BCUT2D eigenvalue weighted by molar-refractivity contribution is -0.116. The van der Waals surface area contributed by atoms with Crippen molar-refractivity contribution >= 4 is 17.2 Å². The molecule has 0 bridgehead atoms. The van der Waals surface area contributed by atoms with Crippen LogP contribution in [0.15, 0.2) is 54.7 Å². The third kappa shape index (κ3) is 4.65. The number of anilines is 1. The van der Waals surface area contributed by atoms with Gasteiger partial charge in [-0.15, -0.1) is 0 Å². The number of nitrogens with one attached hydrogen (secondary N) is 1. The molecule has 0 atom stereocenters. The predicted octanol–water partition coefficient (Wildman–Crippen LogP) is 4.45. The fourth-order valence-corrected chi connectivity index (χ4v) is 3.59. The standard InChI is InChI=1S/C25H20N6O2/c1-16-23(17(2)31-25(29-16)19(14-27)15-28-31)10-11-24(32)30-20-6-8-21(9-7-20)33-22-5-3-4-18(12-22)13-26/h3-9,12,15H,10-11H2,1-2H3,(H,30,32). The molecule has 0 aliphatic carbocycles. The molecule has 0 saturated carbocycles. The van der Waals surface area contributed by atoms with Gasteiger partial charge in [-0.25, -0.2) is 9.50 Å². The second-order valence-electron chi connectivity index (χ2n) is 7.48. The average molecular weight is 436 g/mol. The number of benzene rings is 2. The minimum absolute atomic E-state index is 0.123. The first-order valence-corrected chi connectivity index (χ1v) is 10.3. The van der Waals surface area contributed by atoms with Crippen molar-refractivity contribution < 1.29 is 9.53 Å². The first-order chi connectivity index (χ1) is 16.0. The maximum Gasteiger partial charge on any atom is 0.224 e. The molecule has 162 valence electrons. The van der Waals surface area contributed by atoms with E-state index in [9.17, 15) is 10.1 Å². The number of rotatable bonds is 6. The van der Waals surface area contributed by atoms with Crippen LogP contribution in [0.1, 0.15) is 34.5 Å². The van der Waals surface area contributed by atoms with Gasteiger partial charge in [-0.1, -0.05) is 6.07 Å². The van der Waals surface area contributed by atoms with Crippen molar-refractivity contribution in [3.8, 4) is 23.6 Å². The number of hydrogen-bond acceptors (Lipinski definition) is 6. The van der Waals surface area contributed by atoms with Crippen molar-refractivity contribution in [1.82, 2.24) is 14.6 Å². The van der Waals surface area contributed by atoms with Crippen LogP contribution in [-0.2, 0) is 11.2 Å². The lowest BCUT2D eigenvalue weighted by Gasteiger charge is -2.12. The number of carbonyl (C=O) groups is 1. The molecule has 4 aromatic rings. The number of nitrogens with zero attached hydrogens (tertiary/aromatic N) is 5. The molecule has 0 spiro atoms. The maximum absolute atomic E-state index is 12.5. The molecule has 2 heterocycles. The lowest BCUT2D eigenvalue weighted by Crippen LogP contribution is -2.14. The van der Waals surface area contributed by atoms with E-state index >= 15 is 0 Å². The predicted molar refractivity (Wildman–Crippen MR) is 122 cm³/mol. The number of nitriles is 2. The van der Waals surface area contributed by atoms with Crippen molar-refractivity contribution in [2.45, 2.75) is 26.7 Å². The van der Waals surface area contributed by atoms with Crippen molar-refractivity contribution in [3.63, 3.8) is 0 Å². The summed E-state index contributed by atoms with van der Waals surface area (Å²) in [5, 5.41) is 25.3. The van der Waals surface area contributed by atoms with Crippen molar-refractivity contribution in [2.75, 3.05) is 5.32 Å². The van der Waals surface area contributed by atoms with Crippen LogP contribution < -0.4 is 10.1 Å². The number of aryl methyl sites for hydroxylation is 2. The Bertz CT molecular complexity index is 1420. The van der Waals surface area contributed by atoms with Gasteiger partial charge in [0.25, 0.3) is 0 Å². The van der Waals surface area contributed by atoms with Crippen LogP contribution in [0.25, 0.3) is 5.65 Å². The van der Waals surface area contributed by atoms with Crippen LogP contribution in [-0.4, -0.2) is 20.5 Å². The second-order valence-corrected chi connectivity index (χ2v) is 7.48. The van der Waals surface area contributed by atoms with Gasteiger partial charge >= 0.3 is 0 Å². The number of aromatic nitrogens is 3. The van der Waals surface area contributed by atoms with Crippen LogP contribution in [0.4, 0.5) is 5.69 Å². The molecule has 1 N–H and O–H groups in total. The molecule has 0 aliphatic heterocycles. The van der Waals surface area contributed by atoms with Crippen molar-refractivity contribution in [3.05, 3.63) is 82.8 Å². The fraction of sp³-hybridized carbons (Fsp3) is 0.160. The van der Waals surface area contributed by atoms with Gasteiger partial charge in [-0.05, 0) is 68.3 Å². The third-order valence-corrected chi connectivity index (χ3v) is 5.27. The zero-order chi connectivity index (χ0) is 23.4. The van der Waals surface area contributed by atoms with E-state index in [4.69, 9.17) is 10.00 Å². The van der Waals surface area contributed by atoms with E-state index in [1.807, 2.05) is 13.8 Å². The largest absolute Gasteiger partial charge is 0.457 e. The van der Waals surface area contributed by atoms with Gasteiger partial charge in [-0.3, -0.25) is 4.79 Å². The number of amides is 1. The molecule has 33 heavy (non-hydrogen) atoms. The Morgan fingerprint density at radius 2 is 1.88 bits per heavy atom. The highest BCUT2D eigenvalue weighted by atomic mass is 16.5. The molecule has 0 fully saturated rings. The number of fused-ring (bicyclic) bond motifs is 1. The summed E-state index contributed by atoms with van der Waals surface area (Å²) in [5.41, 5.74) is 4.73. The Morgan fingerprint density at radius 1 is 1.09 bits per heavy atom. The molecule has 2 aromatic heterocycles. The smallest absolute Gasteiger partial charge is 0.224 e. The lowest BCUT2D eigenvalue weighted by atomic mass is 10.1. The molecule has 0 unspecified atom stereocenters. The Morgan fingerprint density at radius 3 is 2.61 bits per heavy atom. The summed E-state index contributed by atoms with van der Waals surface area (Å²) in [6, 6.07) is 18.1. The third-order valence-electron chi connectivity index (χ3n) is 5.27. The van der Waals surface area contributed by atoms with E-state index < -0.39 is 0 Å². The Labute approximate surface area is 190 Å². The van der Waals surface area contributed by atoms with Gasteiger partial charge < -0.3 is 10.1 Å². The summed E-state index contributed by atoms with van der Waals surface area (Å²) in [5.74, 6) is 1.05. The van der Waals surface area contributed by atoms with Crippen molar-refractivity contribution in [1.29, 1.82) is 10.5 Å². The molecule has 0 radical (unpaired) electrons. The van der Waals surface area contributed by atoms with Crippen LogP contribution >= 0.6 is 0 Å². The van der Waals surface area contributed by atoms with Crippen LogP contribution in [0.5, 0.6) is 11.5 Å². The first-order valence-electron chi connectivity index (χ1n) is 10.3. The molecule has 8 nitrogen and oxygen atoms in total. The Hall–Kier alpha value is -4.69. The molecule has 4 rings (SSSR count). The van der Waals surface area contributed by atoms with E-state index in [-0.39, 0.29) is 12.3 Å². The van der Waals surface area contributed by atoms with E-state index in [2.05, 4.69) is 27.5 Å². The summed E-state index contributed by atoms with van der Waals surface area (Å²) >= 11 is 0. The van der Waals surface area contributed by atoms with Gasteiger partial charge in [0.2, 0.25) is 5.91 Å². The highest BCUT2D eigenvalue weighted by Crippen LogP contribution is 2.24. The van der Waals surface area contributed by atoms with Gasteiger partial charge in [0, 0.05) is 23.5 Å². The van der Waals surface area contributed by atoms with Gasteiger partial charge in [-0.2, -0.15) is 15.6 Å². The SMILES string of the molecule is Cc1nc2c(C#N)cnn2c(C)c1CCC(=O)Nc1ccc(Oc2cccc(C#N)c2)cc1. The van der Waals surface area contributed by atoms with Crippen LogP contribution in [0.2, 0.25) is 0 Å². The van der Waals surface area contributed by atoms with Gasteiger partial charge in [0.05, 0.1) is 17.8 Å². The second kappa shape index (κ2) is 9.21. The van der Waals surface area contributed by atoms with Gasteiger partial charge in [0.1, 0.15) is 23.1 Å². The summed E-state index contributed by atoms with van der Waals surface area (Å²) in [6.45, 7) is 3.79. The topological polar surface area (TPSA) is 116 Å². The molecule has 8 heteroatoms. The molecule has 1 amide bonds. The Kier molecular flexibility index (Phi) is 6.01. The molecule has 0 aliphatic rings. The van der Waals surface area contributed by atoms with Gasteiger partial charge in [0.15, 0.2) is 5.65 Å². The molecular weight excluding hydrogens is 416 g/mol. The minimum Gasteiger partial charge on any atom is -0.457 e. The highest BCUT2D eigenvalue weighted by Gasteiger charge is 2.15. The number of carbonyl (C=O) groups excluding carboxylic acids is 1. The number of hydrogen-bond donors (Lipinski definition) is 1. The minimum atomic E-state index is -0.123. The summed E-state index contributed by atoms with van der Waals surface area (Å²) in [6.07, 6.45) is 2.28. The summed E-state index contributed by atoms with van der Waals surface area (Å²) < 4.78 is 7.40.